The maximum atomic E-state index is 12.6. The third kappa shape index (κ3) is 4.98. The molecule has 0 saturated carbocycles. The zero-order valence-electron chi connectivity index (χ0n) is 15.9. The van der Waals surface area contributed by atoms with Gasteiger partial charge < -0.3 is 15.1 Å². The SMILES string of the molecule is CC1CCCCN1C(=O)CN1CCN(C(=O)Nc2ccc(C#N)cc2)CC1. The summed E-state index contributed by atoms with van der Waals surface area (Å²) in [4.78, 5) is 30.9. The van der Waals surface area contributed by atoms with Crippen LogP contribution in [-0.2, 0) is 4.79 Å². The van der Waals surface area contributed by atoms with Crippen molar-refractivity contribution in [2.45, 2.75) is 32.2 Å². The van der Waals surface area contributed by atoms with E-state index in [-0.39, 0.29) is 11.9 Å². The van der Waals surface area contributed by atoms with E-state index in [1.54, 1.807) is 29.2 Å². The summed E-state index contributed by atoms with van der Waals surface area (Å²) >= 11 is 0. The summed E-state index contributed by atoms with van der Waals surface area (Å²) in [5.41, 5.74) is 1.24. The number of amides is 3. The molecule has 0 aliphatic carbocycles. The van der Waals surface area contributed by atoms with Crippen LogP contribution in [0.4, 0.5) is 10.5 Å². The molecule has 7 nitrogen and oxygen atoms in total. The zero-order valence-corrected chi connectivity index (χ0v) is 15.9. The molecule has 7 heteroatoms. The van der Waals surface area contributed by atoms with Crippen LogP contribution in [0.2, 0.25) is 0 Å². The second kappa shape index (κ2) is 8.87. The lowest BCUT2D eigenvalue weighted by molar-refractivity contribution is -0.136. The molecule has 1 aromatic carbocycles. The summed E-state index contributed by atoms with van der Waals surface area (Å²) in [6.45, 7) is 6.05. The topological polar surface area (TPSA) is 79.7 Å². The van der Waals surface area contributed by atoms with Gasteiger partial charge in [-0.15, -0.1) is 0 Å². The van der Waals surface area contributed by atoms with Crippen molar-refractivity contribution in [3.63, 3.8) is 0 Å². The van der Waals surface area contributed by atoms with Crippen molar-refractivity contribution in [1.29, 1.82) is 5.26 Å². The summed E-state index contributed by atoms with van der Waals surface area (Å²) in [5, 5.41) is 11.7. The lowest BCUT2D eigenvalue weighted by atomic mass is 10.0. The summed E-state index contributed by atoms with van der Waals surface area (Å²) in [5.74, 6) is 0.206. The Kier molecular flexibility index (Phi) is 6.30. The van der Waals surface area contributed by atoms with Crippen molar-refractivity contribution in [3.8, 4) is 6.07 Å². The Morgan fingerprint density at radius 2 is 1.81 bits per heavy atom. The van der Waals surface area contributed by atoms with Crippen LogP contribution in [0.15, 0.2) is 24.3 Å². The fourth-order valence-corrected chi connectivity index (χ4v) is 3.69. The minimum Gasteiger partial charge on any atom is -0.339 e. The normalized spacial score (nSPS) is 20.8. The molecular formula is C20H27N5O2. The van der Waals surface area contributed by atoms with Crippen LogP contribution in [-0.4, -0.2) is 71.9 Å². The number of nitrogens with one attached hydrogen (secondary N) is 1. The predicted molar refractivity (Wildman–Crippen MR) is 103 cm³/mol. The molecule has 1 unspecified atom stereocenters. The molecule has 0 aromatic heterocycles. The standard InChI is InChI=1S/C20H27N5O2/c1-16-4-2-3-9-25(16)19(26)15-23-10-12-24(13-11-23)20(27)22-18-7-5-17(14-21)6-8-18/h5-8,16H,2-4,9-13,15H2,1H3,(H,22,27). The number of piperazine rings is 1. The molecule has 1 N–H and O–H groups in total. The highest BCUT2D eigenvalue weighted by atomic mass is 16.2. The first-order valence-electron chi connectivity index (χ1n) is 9.65. The number of rotatable bonds is 3. The molecule has 1 atom stereocenters. The molecule has 27 heavy (non-hydrogen) atoms. The lowest BCUT2D eigenvalue weighted by Gasteiger charge is -2.38. The van der Waals surface area contributed by atoms with Crippen molar-refractivity contribution >= 4 is 17.6 Å². The third-order valence-electron chi connectivity index (χ3n) is 5.41. The first-order valence-corrected chi connectivity index (χ1v) is 9.65. The van der Waals surface area contributed by atoms with Gasteiger partial charge in [0.15, 0.2) is 0 Å². The quantitative estimate of drug-likeness (QED) is 0.885. The number of anilines is 1. The molecular weight excluding hydrogens is 342 g/mol. The van der Waals surface area contributed by atoms with Gasteiger partial charge in [-0.1, -0.05) is 0 Å². The lowest BCUT2D eigenvalue weighted by Crippen LogP contribution is -2.53. The highest BCUT2D eigenvalue weighted by Gasteiger charge is 2.27. The van der Waals surface area contributed by atoms with E-state index in [4.69, 9.17) is 5.26 Å². The molecule has 2 saturated heterocycles. The number of carbonyl (C=O) groups excluding carboxylic acids is 2. The van der Waals surface area contributed by atoms with Crippen LogP contribution < -0.4 is 5.32 Å². The molecule has 2 aliphatic heterocycles. The highest BCUT2D eigenvalue weighted by molar-refractivity contribution is 5.89. The molecule has 2 aliphatic rings. The fourth-order valence-electron chi connectivity index (χ4n) is 3.69. The van der Waals surface area contributed by atoms with E-state index in [9.17, 15) is 9.59 Å². The average Bonchev–Trinajstić information content (AvgIpc) is 2.69. The van der Waals surface area contributed by atoms with Gasteiger partial charge in [-0.2, -0.15) is 5.26 Å². The van der Waals surface area contributed by atoms with Crippen LogP contribution in [0.5, 0.6) is 0 Å². The minimum atomic E-state index is -0.143. The van der Waals surface area contributed by atoms with Gasteiger partial charge in [0.1, 0.15) is 0 Å². The first-order chi connectivity index (χ1) is 13.1. The minimum absolute atomic E-state index is 0.143. The molecule has 0 spiro atoms. The van der Waals surface area contributed by atoms with Crippen LogP contribution >= 0.6 is 0 Å². The van der Waals surface area contributed by atoms with Crippen molar-refractivity contribution in [2.75, 3.05) is 44.6 Å². The Morgan fingerprint density at radius 3 is 2.44 bits per heavy atom. The maximum absolute atomic E-state index is 12.6. The van der Waals surface area contributed by atoms with Crippen LogP contribution in [0, 0.1) is 11.3 Å². The average molecular weight is 369 g/mol. The van der Waals surface area contributed by atoms with Crippen LogP contribution in [0.25, 0.3) is 0 Å². The largest absolute Gasteiger partial charge is 0.339 e. The van der Waals surface area contributed by atoms with E-state index in [1.807, 2.05) is 4.90 Å². The number of hydrogen-bond donors (Lipinski definition) is 1. The van der Waals surface area contributed by atoms with E-state index in [2.05, 4.69) is 23.2 Å². The number of hydrogen-bond acceptors (Lipinski definition) is 4. The van der Waals surface area contributed by atoms with Gasteiger partial charge in [-0.25, -0.2) is 4.79 Å². The number of nitriles is 1. The van der Waals surface area contributed by atoms with Gasteiger partial charge >= 0.3 is 6.03 Å². The van der Waals surface area contributed by atoms with Gasteiger partial charge in [-0.05, 0) is 50.5 Å². The number of likely N-dealkylation sites (tertiary alicyclic amines) is 1. The Hall–Kier alpha value is -2.59. The highest BCUT2D eigenvalue weighted by Crippen LogP contribution is 2.17. The summed E-state index contributed by atoms with van der Waals surface area (Å²) in [6, 6.07) is 9.07. The number of benzene rings is 1. The third-order valence-corrected chi connectivity index (χ3v) is 5.41. The molecule has 2 fully saturated rings. The summed E-state index contributed by atoms with van der Waals surface area (Å²) in [7, 11) is 0. The van der Waals surface area contributed by atoms with Crippen molar-refractivity contribution in [3.05, 3.63) is 29.8 Å². The van der Waals surface area contributed by atoms with Gasteiger partial charge in [0.25, 0.3) is 0 Å². The first kappa shape index (κ1) is 19.2. The molecule has 0 bridgehead atoms. The second-order valence-electron chi connectivity index (χ2n) is 7.31. The molecule has 3 rings (SSSR count). The van der Waals surface area contributed by atoms with Crippen LogP contribution in [0.1, 0.15) is 31.7 Å². The summed E-state index contributed by atoms with van der Waals surface area (Å²) in [6.07, 6.45) is 3.40. The number of piperidine rings is 1. The molecule has 3 amide bonds. The van der Waals surface area contributed by atoms with E-state index < -0.39 is 0 Å². The van der Waals surface area contributed by atoms with Crippen molar-refractivity contribution in [1.82, 2.24) is 14.7 Å². The van der Waals surface area contributed by atoms with Gasteiger partial charge in [0.05, 0.1) is 18.2 Å². The van der Waals surface area contributed by atoms with Crippen molar-refractivity contribution in [2.24, 2.45) is 0 Å². The Bertz CT molecular complexity index is 704. The monoisotopic (exact) mass is 369 g/mol. The Labute approximate surface area is 160 Å². The smallest absolute Gasteiger partial charge is 0.321 e. The van der Waals surface area contributed by atoms with Gasteiger partial charge in [0.2, 0.25) is 5.91 Å². The number of urea groups is 1. The fraction of sp³-hybridized carbons (Fsp3) is 0.550. The van der Waals surface area contributed by atoms with E-state index in [0.29, 0.717) is 50.0 Å². The Balaban J connectivity index is 1.44. The van der Waals surface area contributed by atoms with Gasteiger partial charge in [-0.3, -0.25) is 9.69 Å². The van der Waals surface area contributed by atoms with E-state index in [1.165, 1.54) is 6.42 Å². The number of carbonyl (C=O) groups is 2. The van der Waals surface area contributed by atoms with E-state index in [0.717, 1.165) is 19.4 Å². The van der Waals surface area contributed by atoms with E-state index >= 15 is 0 Å². The molecule has 0 radical (unpaired) electrons. The number of nitrogens with zero attached hydrogens (tertiary/aromatic N) is 4. The maximum Gasteiger partial charge on any atom is 0.321 e. The molecule has 144 valence electrons. The van der Waals surface area contributed by atoms with Crippen molar-refractivity contribution < 1.29 is 9.59 Å². The Morgan fingerprint density at radius 1 is 1.11 bits per heavy atom. The second-order valence-corrected chi connectivity index (χ2v) is 7.31. The van der Waals surface area contributed by atoms with Gasteiger partial charge in [0, 0.05) is 44.5 Å². The zero-order chi connectivity index (χ0) is 19.2. The molecule has 2 heterocycles. The predicted octanol–water partition coefficient (Wildman–Crippen LogP) is 2.11. The van der Waals surface area contributed by atoms with Crippen LogP contribution in [0.3, 0.4) is 0 Å². The molecule has 1 aromatic rings. The summed E-state index contributed by atoms with van der Waals surface area (Å²) < 4.78 is 0.